The lowest BCUT2D eigenvalue weighted by Crippen LogP contribution is -2.33. The fourth-order valence-corrected chi connectivity index (χ4v) is 3.83. The minimum absolute atomic E-state index is 0.141. The lowest BCUT2D eigenvalue weighted by atomic mass is 10.1. The molecule has 0 aromatic heterocycles. The second kappa shape index (κ2) is 8.81. The number of rotatable bonds is 5. The van der Waals surface area contributed by atoms with Gasteiger partial charge in [-0.1, -0.05) is 48.2 Å². The molecule has 140 valence electrons. The lowest BCUT2D eigenvalue weighted by molar-refractivity contribution is -0.138. The van der Waals surface area contributed by atoms with Crippen molar-refractivity contribution in [3.8, 4) is 0 Å². The summed E-state index contributed by atoms with van der Waals surface area (Å²) in [4.78, 5) is 30.3. The van der Waals surface area contributed by atoms with Crippen LogP contribution in [0.1, 0.15) is 12.0 Å². The first-order valence-corrected chi connectivity index (χ1v) is 9.49. The van der Waals surface area contributed by atoms with Crippen LogP contribution < -0.4 is 5.32 Å². The topological polar surface area (TPSA) is 61.8 Å². The van der Waals surface area contributed by atoms with Crippen LogP contribution >= 0.6 is 11.8 Å². The molecule has 2 amide bonds. The third-order valence-electron chi connectivity index (χ3n) is 4.20. The Balaban J connectivity index is 1.60. The van der Waals surface area contributed by atoms with Crippen molar-refractivity contribution in [1.82, 2.24) is 4.90 Å². The average molecular weight is 385 g/mol. The van der Waals surface area contributed by atoms with Gasteiger partial charge in [-0.2, -0.15) is 0 Å². The number of carbonyl (C=O) groups is 2. The van der Waals surface area contributed by atoms with E-state index in [1.54, 1.807) is 19.2 Å². The maximum Gasteiger partial charge on any atom is 0.243 e. The summed E-state index contributed by atoms with van der Waals surface area (Å²) in [5, 5.41) is 2.94. The number of nitrogens with zero attached hydrogens (tertiary/aromatic N) is 2. The van der Waals surface area contributed by atoms with Crippen LogP contribution in [0.2, 0.25) is 0 Å². The van der Waals surface area contributed by atoms with E-state index in [2.05, 4.69) is 10.3 Å². The molecule has 0 bridgehead atoms. The van der Waals surface area contributed by atoms with E-state index in [-0.39, 0.29) is 24.1 Å². The standard InChI is InChI=1S/C20H20FN3O2S/c1-22-20(23-16-9-5-8-15(21)12-16)27-17-13-18(25)24(19(17)26)11-10-14-6-3-2-4-7-14/h2-9,12,17H,10-11,13H2,1H3,(H,22,23)/t17-/m1/s1. The number of benzene rings is 2. The van der Waals surface area contributed by atoms with E-state index in [0.29, 0.717) is 23.8 Å². The highest BCUT2D eigenvalue weighted by Gasteiger charge is 2.39. The van der Waals surface area contributed by atoms with Crippen molar-refractivity contribution >= 4 is 34.4 Å². The number of nitrogens with one attached hydrogen (secondary N) is 1. The summed E-state index contributed by atoms with van der Waals surface area (Å²) in [6.45, 7) is 0.370. The molecule has 5 nitrogen and oxygen atoms in total. The van der Waals surface area contributed by atoms with Crippen LogP contribution in [0.4, 0.5) is 10.1 Å². The third kappa shape index (κ3) is 4.95. The summed E-state index contributed by atoms with van der Waals surface area (Å²) in [5.41, 5.74) is 1.62. The predicted octanol–water partition coefficient (Wildman–Crippen LogP) is 3.33. The van der Waals surface area contributed by atoms with Gasteiger partial charge in [-0.3, -0.25) is 19.5 Å². The summed E-state index contributed by atoms with van der Waals surface area (Å²) in [6, 6.07) is 15.7. The second-order valence-electron chi connectivity index (χ2n) is 6.09. The van der Waals surface area contributed by atoms with Gasteiger partial charge < -0.3 is 5.32 Å². The molecular weight excluding hydrogens is 365 g/mol. The van der Waals surface area contributed by atoms with Gasteiger partial charge in [0, 0.05) is 25.7 Å². The monoisotopic (exact) mass is 385 g/mol. The van der Waals surface area contributed by atoms with Crippen molar-refractivity contribution in [2.75, 3.05) is 18.9 Å². The molecule has 27 heavy (non-hydrogen) atoms. The molecule has 1 aliphatic rings. The number of amides is 2. The van der Waals surface area contributed by atoms with E-state index in [1.807, 2.05) is 30.3 Å². The maximum absolute atomic E-state index is 13.3. The van der Waals surface area contributed by atoms with E-state index in [4.69, 9.17) is 0 Å². The van der Waals surface area contributed by atoms with Crippen LogP contribution in [-0.2, 0) is 16.0 Å². The Morgan fingerprint density at radius 3 is 2.70 bits per heavy atom. The Labute approximate surface area is 161 Å². The zero-order chi connectivity index (χ0) is 19.2. The summed E-state index contributed by atoms with van der Waals surface area (Å²) in [5.74, 6) is -0.738. The van der Waals surface area contributed by atoms with Crippen LogP contribution in [0.3, 0.4) is 0 Å². The van der Waals surface area contributed by atoms with Crippen molar-refractivity contribution in [3.05, 3.63) is 66.0 Å². The molecule has 0 spiro atoms. The number of aliphatic imine (C=N–C) groups is 1. The van der Waals surface area contributed by atoms with E-state index in [1.165, 1.54) is 28.8 Å². The number of halogens is 1. The van der Waals surface area contributed by atoms with Gasteiger partial charge in [0.2, 0.25) is 11.8 Å². The maximum atomic E-state index is 13.3. The van der Waals surface area contributed by atoms with Gasteiger partial charge in [-0.15, -0.1) is 0 Å². The quantitative estimate of drug-likeness (QED) is 0.487. The van der Waals surface area contributed by atoms with Gasteiger partial charge in [-0.05, 0) is 30.2 Å². The zero-order valence-corrected chi connectivity index (χ0v) is 15.7. The normalized spacial score (nSPS) is 17.5. The van der Waals surface area contributed by atoms with Crippen molar-refractivity contribution in [2.45, 2.75) is 18.1 Å². The van der Waals surface area contributed by atoms with Crippen LogP contribution in [0.15, 0.2) is 59.6 Å². The summed E-state index contributed by atoms with van der Waals surface area (Å²) >= 11 is 1.19. The minimum Gasteiger partial charge on any atom is -0.335 e. The number of anilines is 1. The Morgan fingerprint density at radius 2 is 2.00 bits per heavy atom. The molecule has 1 saturated heterocycles. The highest BCUT2D eigenvalue weighted by Crippen LogP contribution is 2.27. The molecule has 0 radical (unpaired) electrons. The number of hydrogen-bond acceptors (Lipinski definition) is 4. The van der Waals surface area contributed by atoms with E-state index >= 15 is 0 Å². The molecule has 2 aromatic carbocycles. The van der Waals surface area contributed by atoms with Gasteiger partial charge >= 0.3 is 0 Å². The van der Waals surface area contributed by atoms with Crippen LogP contribution in [0.5, 0.6) is 0 Å². The molecule has 0 aliphatic carbocycles. The first-order valence-electron chi connectivity index (χ1n) is 8.61. The van der Waals surface area contributed by atoms with E-state index < -0.39 is 5.25 Å². The number of thioether (sulfide) groups is 1. The molecule has 1 heterocycles. The van der Waals surface area contributed by atoms with E-state index in [0.717, 1.165) is 5.56 Å². The van der Waals surface area contributed by atoms with Gasteiger partial charge in [0.15, 0.2) is 5.17 Å². The van der Waals surface area contributed by atoms with Crippen LogP contribution in [0.25, 0.3) is 0 Å². The first-order chi connectivity index (χ1) is 13.1. The molecule has 0 unspecified atom stereocenters. The summed E-state index contributed by atoms with van der Waals surface area (Å²) < 4.78 is 13.3. The average Bonchev–Trinajstić information content (AvgIpc) is 2.93. The summed E-state index contributed by atoms with van der Waals surface area (Å²) in [7, 11) is 1.59. The molecule has 1 aliphatic heterocycles. The number of hydrogen-bond donors (Lipinski definition) is 1. The van der Waals surface area contributed by atoms with Crippen LogP contribution in [-0.4, -0.2) is 40.7 Å². The van der Waals surface area contributed by atoms with Crippen molar-refractivity contribution in [2.24, 2.45) is 4.99 Å². The van der Waals surface area contributed by atoms with Gasteiger partial charge in [0.05, 0.1) is 0 Å². The molecule has 2 aromatic rings. The second-order valence-corrected chi connectivity index (χ2v) is 7.29. The molecule has 1 atom stereocenters. The largest absolute Gasteiger partial charge is 0.335 e. The SMILES string of the molecule is CN=C(Nc1cccc(F)c1)S[C@@H]1CC(=O)N(CCc2ccccc2)C1=O. The highest BCUT2D eigenvalue weighted by atomic mass is 32.2. The molecular formula is C20H20FN3O2S. The lowest BCUT2D eigenvalue weighted by Gasteiger charge is -2.15. The van der Waals surface area contributed by atoms with Crippen molar-refractivity contribution < 1.29 is 14.0 Å². The Morgan fingerprint density at radius 1 is 1.22 bits per heavy atom. The smallest absolute Gasteiger partial charge is 0.243 e. The fourth-order valence-electron chi connectivity index (χ4n) is 2.83. The molecule has 1 N–H and O–H groups in total. The molecule has 1 fully saturated rings. The number of carbonyl (C=O) groups excluding carboxylic acids is 2. The van der Waals surface area contributed by atoms with Gasteiger partial charge in [-0.25, -0.2) is 4.39 Å². The molecule has 7 heteroatoms. The number of amidine groups is 1. The van der Waals surface area contributed by atoms with Gasteiger partial charge in [0.1, 0.15) is 11.1 Å². The van der Waals surface area contributed by atoms with E-state index in [9.17, 15) is 14.0 Å². The van der Waals surface area contributed by atoms with Crippen molar-refractivity contribution in [1.29, 1.82) is 0 Å². The highest BCUT2D eigenvalue weighted by molar-refractivity contribution is 8.15. The predicted molar refractivity (Wildman–Crippen MR) is 106 cm³/mol. The number of imide groups is 1. The number of likely N-dealkylation sites (tertiary alicyclic amines) is 1. The third-order valence-corrected chi connectivity index (χ3v) is 5.36. The fraction of sp³-hybridized carbons (Fsp3) is 0.250. The summed E-state index contributed by atoms with van der Waals surface area (Å²) in [6.07, 6.45) is 0.772. The molecule has 0 saturated carbocycles. The Bertz CT molecular complexity index is 857. The Hall–Kier alpha value is -2.67. The Kier molecular flexibility index (Phi) is 6.24. The zero-order valence-electron chi connectivity index (χ0n) is 14.9. The van der Waals surface area contributed by atoms with Crippen LogP contribution in [0, 0.1) is 5.82 Å². The van der Waals surface area contributed by atoms with Gasteiger partial charge in [0.25, 0.3) is 0 Å². The molecule has 3 rings (SSSR count). The first kappa shape index (κ1) is 19.1. The van der Waals surface area contributed by atoms with Crippen molar-refractivity contribution in [3.63, 3.8) is 0 Å². The minimum atomic E-state index is -0.520.